The molecule has 0 aliphatic heterocycles. The van der Waals surface area contributed by atoms with Gasteiger partial charge in [0.2, 0.25) is 0 Å². The average Bonchev–Trinajstić information content (AvgIpc) is 2.33. The minimum absolute atomic E-state index is 0.226. The molecule has 0 spiro atoms. The first-order chi connectivity index (χ1) is 8.66. The van der Waals surface area contributed by atoms with Crippen LogP contribution >= 0.6 is 27.5 Å². The van der Waals surface area contributed by atoms with Crippen molar-refractivity contribution in [3.8, 4) is 5.75 Å². The minimum Gasteiger partial charge on any atom is -0.508 e. The van der Waals surface area contributed by atoms with Gasteiger partial charge in [-0.2, -0.15) is 0 Å². The number of hydrogen-bond donors (Lipinski definition) is 2. The number of phenols is 1. The van der Waals surface area contributed by atoms with Crippen LogP contribution < -0.4 is 5.32 Å². The minimum atomic E-state index is 0.226. The van der Waals surface area contributed by atoms with Crippen LogP contribution in [-0.2, 0) is 13.1 Å². The highest BCUT2D eigenvalue weighted by atomic mass is 79.9. The van der Waals surface area contributed by atoms with Gasteiger partial charge in [0.25, 0.3) is 0 Å². The molecule has 0 aromatic heterocycles. The van der Waals surface area contributed by atoms with Crippen molar-refractivity contribution in [2.24, 2.45) is 0 Å². The first-order valence-corrected chi connectivity index (χ1v) is 6.75. The molecule has 0 unspecified atom stereocenters. The molecule has 94 valence electrons. The summed E-state index contributed by atoms with van der Waals surface area (Å²) in [4.78, 5) is 0. The van der Waals surface area contributed by atoms with Gasteiger partial charge in [-0.25, -0.2) is 0 Å². The molecular formula is C14H13BrClNO. The summed E-state index contributed by atoms with van der Waals surface area (Å²) in [6.07, 6.45) is 0. The second kappa shape index (κ2) is 6.23. The summed E-state index contributed by atoms with van der Waals surface area (Å²) < 4.78 is 1.06. The molecule has 2 aromatic rings. The smallest absolute Gasteiger partial charge is 0.121 e. The molecule has 0 fully saturated rings. The van der Waals surface area contributed by atoms with Crippen LogP contribution in [0.15, 0.2) is 46.9 Å². The van der Waals surface area contributed by atoms with Gasteiger partial charge in [0, 0.05) is 28.1 Å². The van der Waals surface area contributed by atoms with Crippen LogP contribution in [0.25, 0.3) is 0 Å². The lowest BCUT2D eigenvalue weighted by Gasteiger charge is -2.09. The fourth-order valence-electron chi connectivity index (χ4n) is 1.70. The van der Waals surface area contributed by atoms with Crippen molar-refractivity contribution in [3.63, 3.8) is 0 Å². The average molecular weight is 327 g/mol. The lowest BCUT2D eigenvalue weighted by molar-refractivity contribution is 0.464. The summed E-state index contributed by atoms with van der Waals surface area (Å²) in [5, 5.41) is 13.5. The molecule has 0 saturated carbocycles. The molecule has 4 heteroatoms. The summed E-state index contributed by atoms with van der Waals surface area (Å²) in [5.41, 5.74) is 1.91. The van der Waals surface area contributed by atoms with Crippen LogP contribution in [0.1, 0.15) is 11.1 Å². The van der Waals surface area contributed by atoms with Gasteiger partial charge in [-0.3, -0.25) is 0 Å². The Balaban J connectivity index is 1.97. The molecular weight excluding hydrogens is 314 g/mol. The Morgan fingerprint density at radius 1 is 1.11 bits per heavy atom. The van der Waals surface area contributed by atoms with Crippen LogP contribution in [0.2, 0.25) is 5.02 Å². The van der Waals surface area contributed by atoms with Crippen molar-refractivity contribution in [2.75, 3.05) is 0 Å². The van der Waals surface area contributed by atoms with Gasteiger partial charge in [-0.15, -0.1) is 0 Å². The number of phenolic OH excluding ortho intramolecular Hbond substituents is 1. The van der Waals surface area contributed by atoms with Crippen LogP contribution in [0.5, 0.6) is 5.75 Å². The lowest BCUT2D eigenvalue weighted by Crippen LogP contribution is -2.13. The van der Waals surface area contributed by atoms with Crippen molar-refractivity contribution >= 4 is 27.5 Å². The molecule has 0 atom stereocenters. The summed E-state index contributed by atoms with van der Waals surface area (Å²) in [6, 6.07) is 13.2. The Hall–Kier alpha value is -1.03. The molecule has 2 aromatic carbocycles. The van der Waals surface area contributed by atoms with Crippen molar-refractivity contribution in [1.82, 2.24) is 5.32 Å². The largest absolute Gasteiger partial charge is 0.508 e. The number of rotatable bonds is 4. The number of aromatic hydroxyl groups is 1. The molecule has 0 saturated heterocycles. The predicted octanol–water partition coefficient (Wildman–Crippen LogP) is 4.10. The quantitative estimate of drug-likeness (QED) is 0.886. The maximum Gasteiger partial charge on any atom is 0.121 e. The van der Waals surface area contributed by atoms with Gasteiger partial charge in [0.15, 0.2) is 0 Å². The summed E-state index contributed by atoms with van der Waals surface area (Å²) in [6.45, 7) is 1.27. The highest BCUT2D eigenvalue weighted by Gasteiger charge is 2.05. The van der Waals surface area contributed by atoms with E-state index in [0.29, 0.717) is 11.6 Å². The van der Waals surface area contributed by atoms with Crippen LogP contribution in [0, 0.1) is 0 Å². The summed E-state index contributed by atoms with van der Waals surface area (Å²) in [5.74, 6) is 0.226. The van der Waals surface area contributed by atoms with E-state index in [1.165, 1.54) is 5.56 Å². The third-order valence-corrected chi connectivity index (χ3v) is 3.46. The van der Waals surface area contributed by atoms with Gasteiger partial charge in [0.1, 0.15) is 5.75 Å². The van der Waals surface area contributed by atoms with E-state index in [2.05, 4.69) is 27.3 Å². The summed E-state index contributed by atoms with van der Waals surface area (Å²) >= 11 is 9.46. The number of nitrogens with one attached hydrogen (secondary N) is 1. The monoisotopic (exact) mass is 325 g/mol. The Morgan fingerprint density at radius 3 is 2.61 bits per heavy atom. The van der Waals surface area contributed by atoms with E-state index in [4.69, 9.17) is 11.6 Å². The van der Waals surface area contributed by atoms with Crippen molar-refractivity contribution in [1.29, 1.82) is 0 Å². The maximum atomic E-state index is 9.70. The fourth-order valence-corrected chi connectivity index (χ4v) is 2.38. The molecule has 0 aliphatic carbocycles. The molecule has 18 heavy (non-hydrogen) atoms. The molecule has 0 heterocycles. The Bertz CT molecular complexity index is 525. The van der Waals surface area contributed by atoms with Crippen LogP contribution in [0.4, 0.5) is 0 Å². The van der Waals surface area contributed by atoms with Crippen LogP contribution in [-0.4, -0.2) is 5.11 Å². The molecule has 0 amide bonds. The number of halogens is 2. The lowest BCUT2D eigenvalue weighted by atomic mass is 10.2. The third-order valence-electron chi connectivity index (χ3n) is 2.61. The molecule has 0 radical (unpaired) electrons. The molecule has 2 N–H and O–H groups in total. The zero-order valence-corrected chi connectivity index (χ0v) is 12.0. The van der Waals surface area contributed by atoms with Crippen molar-refractivity contribution < 1.29 is 5.11 Å². The van der Waals surface area contributed by atoms with Gasteiger partial charge in [-0.1, -0.05) is 45.7 Å². The SMILES string of the molecule is Oc1cccc(Cl)c1CNCc1cccc(Br)c1. The standard InChI is InChI=1S/C14H13BrClNO/c15-11-4-1-3-10(7-11)8-17-9-12-13(16)5-2-6-14(12)18/h1-7,17-18H,8-9H2. The first-order valence-electron chi connectivity index (χ1n) is 5.58. The topological polar surface area (TPSA) is 32.3 Å². The zero-order chi connectivity index (χ0) is 13.0. The van der Waals surface area contributed by atoms with Crippen molar-refractivity contribution in [3.05, 3.63) is 63.1 Å². The maximum absolute atomic E-state index is 9.70. The Labute approximate surface area is 120 Å². The second-order valence-electron chi connectivity index (χ2n) is 3.97. The zero-order valence-electron chi connectivity index (χ0n) is 9.66. The van der Waals surface area contributed by atoms with Crippen LogP contribution in [0.3, 0.4) is 0 Å². The number of hydrogen-bond acceptors (Lipinski definition) is 2. The van der Waals surface area contributed by atoms with Gasteiger partial charge < -0.3 is 10.4 Å². The second-order valence-corrected chi connectivity index (χ2v) is 5.29. The summed E-state index contributed by atoms with van der Waals surface area (Å²) in [7, 11) is 0. The van der Waals surface area contributed by atoms with E-state index >= 15 is 0 Å². The van der Waals surface area contributed by atoms with E-state index < -0.39 is 0 Å². The fraction of sp³-hybridized carbons (Fsp3) is 0.143. The van der Waals surface area contributed by atoms with E-state index in [0.717, 1.165) is 16.6 Å². The predicted molar refractivity (Wildman–Crippen MR) is 77.8 cm³/mol. The highest BCUT2D eigenvalue weighted by molar-refractivity contribution is 9.10. The van der Waals surface area contributed by atoms with E-state index in [9.17, 15) is 5.11 Å². The highest BCUT2D eigenvalue weighted by Crippen LogP contribution is 2.24. The van der Waals surface area contributed by atoms with E-state index in [1.54, 1.807) is 18.2 Å². The Kier molecular flexibility index (Phi) is 4.64. The first kappa shape index (κ1) is 13.4. The van der Waals surface area contributed by atoms with Gasteiger partial charge >= 0.3 is 0 Å². The molecule has 2 rings (SSSR count). The van der Waals surface area contributed by atoms with E-state index in [1.807, 2.05) is 18.2 Å². The molecule has 0 aliphatic rings. The third kappa shape index (κ3) is 3.48. The Morgan fingerprint density at radius 2 is 1.89 bits per heavy atom. The molecule has 0 bridgehead atoms. The number of benzene rings is 2. The van der Waals surface area contributed by atoms with Gasteiger partial charge in [0.05, 0.1) is 0 Å². The van der Waals surface area contributed by atoms with Crippen molar-refractivity contribution in [2.45, 2.75) is 13.1 Å². The van der Waals surface area contributed by atoms with Gasteiger partial charge in [-0.05, 0) is 29.8 Å². The normalized spacial score (nSPS) is 10.6. The van der Waals surface area contributed by atoms with E-state index in [-0.39, 0.29) is 5.75 Å². The molecule has 2 nitrogen and oxygen atoms in total.